The van der Waals surface area contributed by atoms with E-state index in [0.29, 0.717) is 45.1 Å². The topological polar surface area (TPSA) is 150 Å². The van der Waals surface area contributed by atoms with Gasteiger partial charge in [-0.2, -0.15) is 0 Å². The highest BCUT2D eigenvalue weighted by atomic mass is 19.1. The third-order valence-corrected chi connectivity index (χ3v) is 7.78. The predicted molar refractivity (Wildman–Crippen MR) is 155 cm³/mol. The van der Waals surface area contributed by atoms with E-state index in [4.69, 9.17) is 15.2 Å². The standard InChI is InChI=1S/C32H30FN5O5/c1-31(30(34)40)17-42-28-23(31)14-26(38-27(28)18-3-6-20(33)7-4-18)32(2,41)16-37-29(39)19-5-10-25(43-21-8-9-21)22(13-19)24-15-35-11-12-36-24/h3-7,10-15,21,41H,8-9,16-17H2,1-2H3,(H2,34,40)(H,37,39)/t31-,32-/m0/s1. The Morgan fingerprint density at radius 1 is 1.19 bits per heavy atom. The van der Waals surface area contributed by atoms with Gasteiger partial charge in [0, 0.05) is 34.6 Å². The number of nitrogens with two attached hydrogens (primary N) is 1. The molecule has 0 unspecified atom stereocenters. The largest absolute Gasteiger partial charge is 0.490 e. The van der Waals surface area contributed by atoms with Crippen molar-refractivity contribution >= 4 is 11.8 Å². The number of halogens is 1. The molecule has 6 rings (SSSR count). The number of hydrogen-bond acceptors (Lipinski definition) is 8. The molecule has 11 heteroatoms. The minimum Gasteiger partial charge on any atom is -0.490 e. The fourth-order valence-corrected chi connectivity index (χ4v) is 4.89. The van der Waals surface area contributed by atoms with E-state index in [2.05, 4.69) is 20.3 Å². The van der Waals surface area contributed by atoms with Crippen molar-refractivity contribution in [2.45, 2.75) is 43.8 Å². The van der Waals surface area contributed by atoms with Crippen LogP contribution in [0.15, 0.2) is 67.1 Å². The Balaban J connectivity index is 1.30. The first-order valence-corrected chi connectivity index (χ1v) is 13.9. The van der Waals surface area contributed by atoms with Gasteiger partial charge in [-0.1, -0.05) is 0 Å². The molecule has 0 radical (unpaired) electrons. The van der Waals surface area contributed by atoms with Crippen LogP contribution in [0.3, 0.4) is 0 Å². The van der Waals surface area contributed by atoms with Crippen LogP contribution in [0.1, 0.15) is 48.3 Å². The number of hydrogen-bond donors (Lipinski definition) is 3. The molecule has 220 valence electrons. The maximum Gasteiger partial charge on any atom is 0.251 e. The van der Waals surface area contributed by atoms with E-state index in [0.717, 1.165) is 12.8 Å². The van der Waals surface area contributed by atoms with Gasteiger partial charge in [0.15, 0.2) is 0 Å². The summed E-state index contributed by atoms with van der Waals surface area (Å²) >= 11 is 0. The molecule has 3 heterocycles. The lowest BCUT2D eigenvalue weighted by Gasteiger charge is -2.26. The summed E-state index contributed by atoms with van der Waals surface area (Å²) in [6.07, 6.45) is 6.83. The molecule has 4 N–H and O–H groups in total. The lowest BCUT2D eigenvalue weighted by molar-refractivity contribution is -0.123. The maximum atomic E-state index is 13.7. The van der Waals surface area contributed by atoms with Gasteiger partial charge >= 0.3 is 0 Å². The molecule has 1 aliphatic heterocycles. The number of pyridine rings is 1. The average molecular weight is 584 g/mol. The number of carbonyl (C=O) groups is 2. The van der Waals surface area contributed by atoms with Crippen molar-refractivity contribution in [2.75, 3.05) is 13.2 Å². The summed E-state index contributed by atoms with van der Waals surface area (Å²) in [5, 5.41) is 14.4. The maximum absolute atomic E-state index is 13.7. The first-order valence-electron chi connectivity index (χ1n) is 13.9. The van der Waals surface area contributed by atoms with E-state index < -0.39 is 28.6 Å². The second-order valence-corrected chi connectivity index (χ2v) is 11.3. The van der Waals surface area contributed by atoms with E-state index in [9.17, 15) is 19.1 Å². The molecular formula is C32H30FN5O5. The van der Waals surface area contributed by atoms with Crippen LogP contribution in [0.4, 0.5) is 4.39 Å². The van der Waals surface area contributed by atoms with Gasteiger partial charge < -0.3 is 25.6 Å². The highest BCUT2D eigenvalue weighted by molar-refractivity contribution is 5.96. The summed E-state index contributed by atoms with van der Waals surface area (Å²) < 4.78 is 25.6. The highest BCUT2D eigenvalue weighted by Gasteiger charge is 2.45. The van der Waals surface area contributed by atoms with Crippen LogP contribution in [0.2, 0.25) is 0 Å². The monoisotopic (exact) mass is 583 g/mol. The predicted octanol–water partition coefficient (Wildman–Crippen LogP) is 3.66. The zero-order valence-electron chi connectivity index (χ0n) is 23.6. The fourth-order valence-electron chi connectivity index (χ4n) is 4.89. The molecule has 2 aromatic carbocycles. The molecule has 1 fully saturated rings. The van der Waals surface area contributed by atoms with Crippen LogP contribution >= 0.6 is 0 Å². The average Bonchev–Trinajstić information content (AvgIpc) is 3.76. The number of aliphatic hydroxyl groups is 1. The Kier molecular flexibility index (Phi) is 7.05. The third kappa shape index (κ3) is 5.51. The number of amides is 2. The van der Waals surface area contributed by atoms with E-state index in [1.165, 1.54) is 31.2 Å². The Bertz CT molecular complexity index is 1710. The van der Waals surface area contributed by atoms with Gasteiger partial charge in [-0.3, -0.25) is 19.6 Å². The molecule has 0 saturated heterocycles. The van der Waals surface area contributed by atoms with Gasteiger partial charge in [0.05, 0.1) is 30.2 Å². The lowest BCUT2D eigenvalue weighted by Crippen LogP contribution is -2.41. The number of nitrogens with zero attached hydrogens (tertiary/aromatic N) is 3. The molecule has 2 aliphatic rings. The highest BCUT2D eigenvalue weighted by Crippen LogP contribution is 2.45. The zero-order valence-corrected chi connectivity index (χ0v) is 23.6. The summed E-state index contributed by atoms with van der Waals surface area (Å²) in [5.74, 6) is -0.518. The number of nitrogens with one attached hydrogen (secondary N) is 1. The number of fused-ring (bicyclic) bond motifs is 1. The molecule has 1 aliphatic carbocycles. The smallest absolute Gasteiger partial charge is 0.251 e. The van der Waals surface area contributed by atoms with E-state index in [1.807, 2.05) is 0 Å². The number of carbonyl (C=O) groups excluding carboxylic acids is 2. The van der Waals surface area contributed by atoms with Gasteiger partial charge in [-0.05, 0) is 75.2 Å². The molecular weight excluding hydrogens is 553 g/mol. The van der Waals surface area contributed by atoms with Crippen LogP contribution in [-0.4, -0.2) is 51.1 Å². The Morgan fingerprint density at radius 3 is 2.63 bits per heavy atom. The molecule has 0 spiro atoms. The van der Waals surface area contributed by atoms with Gasteiger partial charge in [0.1, 0.15) is 40.6 Å². The second kappa shape index (κ2) is 10.7. The van der Waals surface area contributed by atoms with Crippen LogP contribution in [0, 0.1) is 5.82 Å². The minimum absolute atomic E-state index is 0.00947. The molecule has 2 aromatic heterocycles. The molecule has 0 bridgehead atoms. The number of rotatable bonds is 9. The Hall–Kier alpha value is -4.90. The quantitative estimate of drug-likeness (QED) is 0.270. The van der Waals surface area contributed by atoms with Gasteiger partial charge in [0.2, 0.25) is 5.91 Å². The summed E-state index contributed by atoms with van der Waals surface area (Å²) in [6, 6.07) is 12.3. The normalized spacial score (nSPS) is 18.7. The summed E-state index contributed by atoms with van der Waals surface area (Å²) in [7, 11) is 0. The van der Waals surface area contributed by atoms with E-state index in [-0.39, 0.29) is 24.9 Å². The molecule has 10 nitrogen and oxygen atoms in total. The second-order valence-electron chi connectivity index (χ2n) is 11.3. The first kappa shape index (κ1) is 28.2. The lowest BCUT2D eigenvalue weighted by atomic mass is 9.82. The fraction of sp³-hybridized carbons (Fsp3) is 0.281. The van der Waals surface area contributed by atoms with Crippen molar-refractivity contribution in [3.8, 4) is 34.0 Å². The molecule has 1 saturated carbocycles. The number of benzene rings is 2. The SMILES string of the molecule is C[C@](O)(CNC(=O)c1ccc(OC2CC2)c(-c2cnccn2)c1)c1cc2c(c(-c3ccc(F)cc3)n1)OC[C@]2(C)C(N)=O. The van der Waals surface area contributed by atoms with E-state index >= 15 is 0 Å². The first-order chi connectivity index (χ1) is 20.5. The van der Waals surface area contributed by atoms with Crippen molar-refractivity contribution in [3.05, 3.63) is 89.8 Å². The minimum atomic E-state index is -1.68. The Morgan fingerprint density at radius 2 is 1.95 bits per heavy atom. The molecule has 43 heavy (non-hydrogen) atoms. The van der Waals surface area contributed by atoms with Gasteiger partial charge in [0.25, 0.3) is 5.91 Å². The van der Waals surface area contributed by atoms with Crippen LogP contribution in [-0.2, 0) is 15.8 Å². The molecule has 4 aromatic rings. The molecule has 2 atom stereocenters. The Labute approximate surface area is 247 Å². The number of primary amides is 1. The van der Waals surface area contributed by atoms with Gasteiger partial charge in [-0.15, -0.1) is 0 Å². The van der Waals surface area contributed by atoms with E-state index in [1.54, 1.807) is 49.8 Å². The van der Waals surface area contributed by atoms with Crippen molar-refractivity contribution in [1.82, 2.24) is 20.3 Å². The van der Waals surface area contributed by atoms with Crippen molar-refractivity contribution in [2.24, 2.45) is 5.73 Å². The van der Waals surface area contributed by atoms with Crippen molar-refractivity contribution < 1.29 is 28.6 Å². The van der Waals surface area contributed by atoms with Crippen LogP contribution in [0.5, 0.6) is 11.5 Å². The number of ether oxygens (including phenoxy) is 2. The molecule has 2 amide bonds. The van der Waals surface area contributed by atoms with Crippen molar-refractivity contribution in [1.29, 1.82) is 0 Å². The van der Waals surface area contributed by atoms with Gasteiger partial charge in [-0.25, -0.2) is 9.37 Å². The number of aromatic nitrogens is 3. The zero-order chi connectivity index (χ0) is 30.4. The summed E-state index contributed by atoms with van der Waals surface area (Å²) in [5.41, 5.74) is 5.91. The van der Waals surface area contributed by atoms with Crippen LogP contribution in [0.25, 0.3) is 22.5 Å². The van der Waals surface area contributed by atoms with Crippen LogP contribution < -0.4 is 20.5 Å². The van der Waals surface area contributed by atoms with Crippen molar-refractivity contribution in [3.63, 3.8) is 0 Å². The summed E-state index contributed by atoms with van der Waals surface area (Å²) in [6.45, 7) is 2.94. The summed E-state index contributed by atoms with van der Waals surface area (Å²) in [4.78, 5) is 38.9. The third-order valence-electron chi connectivity index (χ3n) is 7.78.